The zero-order chi connectivity index (χ0) is 16.1. The van der Waals surface area contributed by atoms with E-state index in [-0.39, 0.29) is 5.69 Å². The minimum atomic E-state index is -0.469. The van der Waals surface area contributed by atoms with Crippen LogP contribution in [0, 0.1) is 5.82 Å². The number of rotatable bonds is 3. The van der Waals surface area contributed by atoms with Crippen LogP contribution in [-0.4, -0.2) is 29.0 Å². The minimum absolute atomic E-state index is 0.147. The average Bonchev–Trinajstić information content (AvgIpc) is 2.86. The smallest absolute Gasteiger partial charge is 0.258 e. The highest BCUT2D eigenvalue weighted by Crippen LogP contribution is 2.16. The van der Waals surface area contributed by atoms with E-state index in [1.165, 1.54) is 37.4 Å². The Labute approximate surface area is 134 Å². The number of carbonyl (C=O) groups is 1. The van der Waals surface area contributed by atoms with Crippen molar-refractivity contribution in [1.82, 2.24) is 9.97 Å². The molecule has 0 spiro atoms. The van der Waals surface area contributed by atoms with Crippen molar-refractivity contribution in [3.05, 3.63) is 48.0 Å². The molecule has 1 fully saturated rings. The van der Waals surface area contributed by atoms with Crippen LogP contribution >= 0.6 is 0 Å². The first-order chi connectivity index (χ1) is 11.2. The Morgan fingerprint density at radius 1 is 1.04 bits per heavy atom. The Morgan fingerprint density at radius 3 is 2.35 bits per heavy atom. The second-order valence-corrected chi connectivity index (χ2v) is 5.61. The van der Waals surface area contributed by atoms with Gasteiger partial charge in [0.05, 0.1) is 11.3 Å². The zero-order valence-corrected chi connectivity index (χ0v) is 12.8. The highest BCUT2D eigenvalue weighted by Gasteiger charge is 2.14. The molecular formula is C17H19FN4O. The third-order valence-electron chi connectivity index (χ3n) is 3.91. The summed E-state index contributed by atoms with van der Waals surface area (Å²) in [5.74, 6) is -0.241. The Kier molecular flexibility index (Phi) is 4.80. The summed E-state index contributed by atoms with van der Waals surface area (Å²) in [5, 5.41) is 2.53. The maximum atomic E-state index is 13.6. The van der Waals surface area contributed by atoms with Gasteiger partial charge in [-0.3, -0.25) is 4.79 Å². The topological polar surface area (TPSA) is 58.1 Å². The first-order valence-electron chi connectivity index (χ1n) is 7.87. The monoisotopic (exact) mass is 314 g/mol. The van der Waals surface area contributed by atoms with Crippen LogP contribution in [0.5, 0.6) is 0 Å². The van der Waals surface area contributed by atoms with Gasteiger partial charge in [0, 0.05) is 25.5 Å². The van der Waals surface area contributed by atoms with E-state index in [4.69, 9.17) is 0 Å². The van der Waals surface area contributed by atoms with Crippen LogP contribution in [0.3, 0.4) is 0 Å². The van der Waals surface area contributed by atoms with Crippen LogP contribution < -0.4 is 10.2 Å². The van der Waals surface area contributed by atoms with Gasteiger partial charge < -0.3 is 10.2 Å². The maximum absolute atomic E-state index is 13.6. The number of hydrogen-bond donors (Lipinski definition) is 1. The molecule has 1 N–H and O–H groups in total. The quantitative estimate of drug-likeness (QED) is 0.945. The highest BCUT2D eigenvalue weighted by molar-refractivity contribution is 6.03. The standard InChI is InChI=1S/C17H19FN4O/c18-14-7-3-4-8-15(14)21-16(23)13-11-19-17(20-12-13)22-9-5-1-2-6-10-22/h3-4,7-8,11-12H,1-2,5-6,9-10H2,(H,21,23). The summed E-state index contributed by atoms with van der Waals surface area (Å²) < 4.78 is 13.6. The van der Waals surface area contributed by atoms with Crippen LogP contribution in [0.15, 0.2) is 36.7 Å². The molecule has 2 aromatic rings. The maximum Gasteiger partial charge on any atom is 0.258 e. The molecule has 23 heavy (non-hydrogen) atoms. The fourth-order valence-electron chi connectivity index (χ4n) is 2.63. The van der Waals surface area contributed by atoms with Gasteiger partial charge in [0.1, 0.15) is 5.82 Å². The molecule has 0 unspecified atom stereocenters. The fraction of sp³-hybridized carbons (Fsp3) is 0.353. The van der Waals surface area contributed by atoms with Gasteiger partial charge in [-0.15, -0.1) is 0 Å². The Balaban J connectivity index is 1.69. The lowest BCUT2D eigenvalue weighted by Crippen LogP contribution is -2.26. The van der Waals surface area contributed by atoms with Crippen molar-refractivity contribution in [2.24, 2.45) is 0 Å². The molecular weight excluding hydrogens is 295 g/mol. The number of halogens is 1. The number of amides is 1. The summed E-state index contributed by atoms with van der Waals surface area (Å²) in [6, 6.07) is 6.05. The Morgan fingerprint density at radius 2 is 1.70 bits per heavy atom. The van der Waals surface area contributed by atoms with E-state index in [1.807, 2.05) is 0 Å². The van der Waals surface area contributed by atoms with Gasteiger partial charge in [0.2, 0.25) is 5.95 Å². The van der Waals surface area contributed by atoms with Crippen LogP contribution in [0.4, 0.5) is 16.0 Å². The van der Waals surface area contributed by atoms with Gasteiger partial charge in [-0.1, -0.05) is 25.0 Å². The molecule has 0 radical (unpaired) electrons. The second-order valence-electron chi connectivity index (χ2n) is 5.61. The van der Waals surface area contributed by atoms with Gasteiger partial charge in [0.25, 0.3) is 5.91 Å². The molecule has 0 bridgehead atoms. The lowest BCUT2D eigenvalue weighted by molar-refractivity contribution is 0.102. The van der Waals surface area contributed by atoms with Crippen molar-refractivity contribution in [3.63, 3.8) is 0 Å². The van der Waals surface area contributed by atoms with Crippen molar-refractivity contribution in [1.29, 1.82) is 0 Å². The molecule has 1 saturated heterocycles. The summed E-state index contributed by atoms with van der Waals surface area (Å²) in [6.07, 6.45) is 7.73. The van der Waals surface area contributed by atoms with Gasteiger partial charge in [-0.05, 0) is 25.0 Å². The fourth-order valence-corrected chi connectivity index (χ4v) is 2.63. The highest BCUT2D eigenvalue weighted by atomic mass is 19.1. The van der Waals surface area contributed by atoms with E-state index in [1.54, 1.807) is 12.1 Å². The molecule has 6 heteroatoms. The molecule has 1 aliphatic rings. The van der Waals surface area contributed by atoms with Gasteiger partial charge in [0.15, 0.2) is 0 Å². The number of para-hydroxylation sites is 1. The number of anilines is 2. The average molecular weight is 314 g/mol. The summed E-state index contributed by atoms with van der Waals surface area (Å²) in [5.41, 5.74) is 0.459. The van der Waals surface area contributed by atoms with E-state index < -0.39 is 11.7 Å². The molecule has 5 nitrogen and oxygen atoms in total. The number of nitrogens with one attached hydrogen (secondary N) is 1. The third kappa shape index (κ3) is 3.83. The largest absolute Gasteiger partial charge is 0.341 e. The SMILES string of the molecule is O=C(Nc1ccccc1F)c1cnc(N2CCCCCC2)nc1. The van der Waals surface area contributed by atoms with Crippen molar-refractivity contribution in [2.75, 3.05) is 23.3 Å². The summed E-state index contributed by atoms with van der Waals surface area (Å²) in [4.78, 5) is 22.9. The van der Waals surface area contributed by atoms with Crippen LogP contribution in [0.25, 0.3) is 0 Å². The number of hydrogen-bond acceptors (Lipinski definition) is 4. The van der Waals surface area contributed by atoms with E-state index >= 15 is 0 Å². The minimum Gasteiger partial charge on any atom is -0.341 e. The molecule has 2 heterocycles. The van der Waals surface area contributed by atoms with Gasteiger partial charge in [-0.2, -0.15) is 0 Å². The second kappa shape index (κ2) is 7.17. The molecule has 0 atom stereocenters. The van der Waals surface area contributed by atoms with E-state index in [9.17, 15) is 9.18 Å². The Bertz CT molecular complexity index is 667. The number of aromatic nitrogens is 2. The molecule has 1 aromatic carbocycles. The summed E-state index contributed by atoms with van der Waals surface area (Å²) >= 11 is 0. The molecule has 0 aliphatic carbocycles. The molecule has 120 valence electrons. The summed E-state index contributed by atoms with van der Waals surface area (Å²) in [6.45, 7) is 1.89. The van der Waals surface area contributed by atoms with E-state index in [0.29, 0.717) is 11.5 Å². The normalized spacial score (nSPS) is 15.1. The predicted molar refractivity (Wildman–Crippen MR) is 87.1 cm³/mol. The number of benzene rings is 1. The number of nitrogens with zero attached hydrogens (tertiary/aromatic N) is 3. The molecule has 1 amide bonds. The lowest BCUT2D eigenvalue weighted by Gasteiger charge is -2.19. The Hall–Kier alpha value is -2.50. The molecule has 1 aromatic heterocycles. The summed E-state index contributed by atoms with van der Waals surface area (Å²) in [7, 11) is 0. The van der Waals surface area contributed by atoms with Crippen molar-refractivity contribution >= 4 is 17.5 Å². The van der Waals surface area contributed by atoms with Gasteiger partial charge in [-0.25, -0.2) is 14.4 Å². The van der Waals surface area contributed by atoms with Gasteiger partial charge >= 0.3 is 0 Å². The van der Waals surface area contributed by atoms with E-state index in [0.717, 1.165) is 25.9 Å². The van der Waals surface area contributed by atoms with Crippen molar-refractivity contribution < 1.29 is 9.18 Å². The zero-order valence-electron chi connectivity index (χ0n) is 12.8. The molecule has 3 rings (SSSR count). The van der Waals surface area contributed by atoms with Crippen LogP contribution in [0.1, 0.15) is 36.0 Å². The lowest BCUT2D eigenvalue weighted by atomic mass is 10.2. The first-order valence-corrected chi connectivity index (χ1v) is 7.87. The van der Waals surface area contributed by atoms with Crippen LogP contribution in [0.2, 0.25) is 0 Å². The van der Waals surface area contributed by atoms with Crippen molar-refractivity contribution in [3.8, 4) is 0 Å². The molecule has 0 saturated carbocycles. The first kappa shape index (κ1) is 15.4. The molecule has 1 aliphatic heterocycles. The third-order valence-corrected chi connectivity index (χ3v) is 3.91. The van der Waals surface area contributed by atoms with Crippen LogP contribution in [-0.2, 0) is 0 Å². The predicted octanol–water partition coefficient (Wildman–Crippen LogP) is 3.25. The van der Waals surface area contributed by atoms with Crippen molar-refractivity contribution in [2.45, 2.75) is 25.7 Å². The van der Waals surface area contributed by atoms with E-state index in [2.05, 4.69) is 20.2 Å². The number of carbonyl (C=O) groups excluding carboxylic acids is 1.